The Morgan fingerprint density at radius 1 is 1.14 bits per heavy atom. The highest BCUT2D eigenvalue weighted by atomic mass is 19.4. The van der Waals surface area contributed by atoms with E-state index < -0.39 is 11.9 Å². The number of fused-ring (bicyclic) bond motifs is 1. The van der Waals surface area contributed by atoms with Gasteiger partial charge in [-0.3, -0.25) is 0 Å². The largest absolute Gasteiger partial charge is 0.435 e. The SMILES string of the molecule is O=C=Nc1ccc(-n2nc(C(F)(F)F)c3c2CCCC3)cc1. The Morgan fingerprint density at radius 3 is 2.45 bits per heavy atom. The number of aromatic nitrogens is 2. The molecule has 0 unspecified atom stereocenters. The maximum atomic E-state index is 13.1. The summed E-state index contributed by atoms with van der Waals surface area (Å²) in [6.45, 7) is 0. The fourth-order valence-electron chi connectivity index (χ4n) is 2.76. The van der Waals surface area contributed by atoms with Gasteiger partial charge in [0.2, 0.25) is 6.08 Å². The van der Waals surface area contributed by atoms with Gasteiger partial charge >= 0.3 is 6.18 Å². The van der Waals surface area contributed by atoms with E-state index >= 15 is 0 Å². The van der Waals surface area contributed by atoms with Crippen molar-refractivity contribution in [3.05, 3.63) is 41.2 Å². The summed E-state index contributed by atoms with van der Waals surface area (Å²) in [6, 6.07) is 6.28. The standard InChI is InChI=1S/C15H12F3N3O/c16-15(17,18)14-12-3-1-2-4-13(12)21(20-14)11-7-5-10(6-8-11)19-9-22/h5-8H,1-4H2. The van der Waals surface area contributed by atoms with Crippen LogP contribution in [0.3, 0.4) is 0 Å². The van der Waals surface area contributed by atoms with Crippen molar-refractivity contribution in [2.24, 2.45) is 4.99 Å². The average Bonchev–Trinajstić information content (AvgIpc) is 2.88. The van der Waals surface area contributed by atoms with Gasteiger partial charge in [-0.1, -0.05) is 0 Å². The first kappa shape index (κ1) is 14.5. The van der Waals surface area contributed by atoms with Gasteiger partial charge in [0.05, 0.1) is 11.4 Å². The third-order valence-corrected chi connectivity index (χ3v) is 3.72. The number of nitrogens with zero attached hydrogens (tertiary/aromatic N) is 3. The molecule has 1 aromatic heterocycles. The minimum atomic E-state index is -4.45. The number of benzene rings is 1. The van der Waals surface area contributed by atoms with E-state index in [1.165, 1.54) is 10.8 Å². The molecule has 0 saturated heterocycles. The van der Waals surface area contributed by atoms with Gasteiger partial charge in [-0.25, -0.2) is 9.48 Å². The zero-order valence-electron chi connectivity index (χ0n) is 11.5. The molecule has 22 heavy (non-hydrogen) atoms. The Hall–Kier alpha value is -2.40. The monoisotopic (exact) mass is 307 g/mol. The van der Waals surface area contributed by atoms with E-state index in [9.17, 15) is 18.0 Å². The molecule has 0 fully saturated rings. The molecule has 4 nitrogen and oxygen atoms in total. The van der Waals surface area contributed by atoms with Crippen LogP contribution in [0.4, 0.5) is 18.9 Å². The van der Waals surface area contributed by atoms with Crippen LogP contribution in [-0.2, 0) is 23.8 Å². The van der Waals surface area contributed by atoms with Gasteiger partial charge in [-0.2, -0.15) is 23.3 Å². The zero-order valence-corrected chi connectivity index (χ0v) is 11.5. The van der Waals surface area contributed by atoms with Crippen LogP contribution in [0.15, 0.2) is 29.3 Å². The van der Waals surface area contributed by atoms with Gasteiger partial charge in [-0.05, 0) is 49.9 Å². The summed E-state index contributed by atoms with van der Waals surface area (Å²) < 4.78 is 40.8. The molecule has 0 spiro atoms. The van der Waals surface area contributed by atoms with Crippen LogP contribution in [0, 0.1) is 0 Å². The topological polar surface area (TPSA) is 47.2 Å². The van der Waals surface area contributed by atoms with Gasteiger partial charge in [0.25, 0.3) is 0 Å². The van der Waals surface area contributed by atoms with Crippen molar-refractivity contribution in [2.45, 2.75) is 31.9 Å². The van der Waals surface area contributed by atoms with Crippen molar-refractivity contribution in [2.75, 3.05) is 0 Å². The van der Waals surface area contributed by atoms with Crippen LogP contribution in [0.5, 0.6) is 0 Å². The highest BCUT2D eigenvalue weighted by molar-refractivity contribution is 5.52. The molecule has 1 heterocycles. The molecule has 0 saturated carbocycles. The summed E-state index contributed by atoms with van der Waals surface area (Å²) in [4.78, 5) is 13.7. The number of aliphatic imine (C=N–C) groups is 1. The van der Waals surface area contributed by atoms with Gasteiger partial charge in [0.1, 0.15) is 0 Å². The molecule has 114 valence electrons. The Kier molecular flexibility index (Phi) is 3.58. The molecule has 7 heteroatoms. The number of carbonyl (C=O) groups excluding carboxylic acids is 1. The molecule has 0 N–H and O–H groups in total. The van der Waals surface area contributed by atoms with Gasteiger partial charge in [0.15, 0.2) is 5.69 Å². The molecular formula is C15H12F3N3O. The highest BCUT2D eigenvalue weighted by Crippen LogP contribution is 2.36. The van der Waals surface area contributed by atoms with Crippen LogP contribution in [0.25, 0.3) is 5.69 Å². The van der Waals surface area contributed by atoms with E-state index in [2.05, 4.69) is 10.1 Å². The quantitative estimate of drug-likeness (QED) is 0.627. The first-order valence-corrected chi connectivity index (χ1v) is 6.87. The first-order valence-electron chi connectivity index (χ1n) is 6.87. The van der Waals surface area contributed by atoms with Crippen LogP contribution in [0.2, 0.25) is 0 Å². The summed E-state index contributed by atoms with van der Waals surface area (Å²) in [5.74, 6) is 0. The van der Waals surface area contributed by atoms with E-state index in [4.69, 9.17) is 0 Å². The number of hydrogen-bond donors (Lipinski definition) is 0. The Morgan fingerprint density at radius 2 is 1.82 bits per heavy atom. The minimum Gasteiger partial charge on any atom is -0.237 e. The van der Waals surface area contributed by atoms with E-state index in [-0.39, 0.29) is 0 Å². The smallest absolute Gasteiger partial charge is 0.237 e. The fourth-order valence-corrected chi connectivity index (χ4v) is 2.76. The van der Waals surface area contributed by atoms with Crippen molar-refractivity contribution >= 4 is 11.8 Å². The minimum absolute atomic E-state index is 0.300. The van der Waals surface area contributed by atoms with Crippen LogP contribution < -0.4 is 0 Å². The number of halogens is 3. The highest BCUT2D eigenvalue weighted by Gasteiger charge is 2.39. The molecule has 0 atom stereocenters. The predicted molar refractivity (Wildman–Crippen MR) is 73.0 cm³/mol. The molecular weight excluding hydrogens is 295 g/mol. The van der Waals surface area contributed by atoms with Gasteiger partial charge in [0, 0.05) is 11.3 Å². The number of hydrogen-bond acceptors (Lipinski definition) is 3. The molecule has 0 amide bonds. The van der Waals surface area contributed by atoms with E-state index in [1.807, 2.05) is 0 Å². The summed E-state index contributed by atoms with van der Waals surface area (Å²) in [5.41, 5.74) is 1.05. The molecule has 1 aliphatic carbocycles. The van der Waals surface area contributed by atoms with Crippen LogP contribution >= 0.6 is 0 Å². The summed E-state index contributed by atoms with van der Waals surface area (Å²) in [6.07, 6.45) is -0.457. The van der Waals surface area contributed by atoms with Crippen LogP contribution in [-0.4, -0.2) is 15.9 Å². The maximum Gasteiger partial charge on any atom is 0.435 e. The number of alkyl halides is 3. The second kappa shape index (κ2) is 5.42. The van der Waals surface area contributed by atoms with E-state index in [0.29, 0.717) is 35.5 Å². The number of isocyanates is 1. The van der Waals surface area contributed by atoms with Crippen molar-refractivity contribution < 1.29 is 18.0 Å². The van der Waals surface area contributed by atoms with Gasteiger partial charge < -0.3 is 0 Å². The Bertz CT molecular complexity index is 741. The third-order valence-electron chi connectivity index (χ3n) is 3.72. The van der Waals surface area contributed by atoms with Crippen LogP contribution in [0.1, 0.15) is 29.8 Å². The second-order valence-electron chi connectivity index (χ2n) is 5.11. The molecule has 0 aliphatic heterocycles. The molecule has 0 radical (unpaired) electrons. The lowest BCUT2D eigenvalue weighted by Gasteiger charge is -2.14. The van der Waals surface area contributed by atoms with E-state index in [1.54, 1.807) is 24.3 Å². The summed E-state index contributed by atoms with van der Waals surface area (Å²) in [7, 11) is 0. The zero-order chi connectivity index (χ0) is 15.7. The lowest BCUT2D eigenvalue weighted by Crippen LogP contribution is -2.11. The Labute approximate surface area is 124 Å². The van der Waals surface area contributed by atoms with Crippen molar-refractivity contribution in [1.82, 2.24) is 9.78 Å². The lowest BCUT2D eigenvalue weighted by atomic mass is 9.95. The lowest BCUT2D eigenvalue weighted by molar-refractivity contribution is -0.142. The maximum absolute atomic E-state index is 13.1. The summed E-state index contributed by atoms with van der Waals surface area (Å²) in [5, 5.41) is 3.79. The average molecular weight is 307 g/mol. The van der Waals surface area contributed by atoms with E-state index in [0.717, 1.165) is 12.8 Å². The van der Waals surface area contributed by atoms with Crippen molar-refractivity contribution in [1.29, 1.82) is 0 Å². The molecule has 1 aromatic carbocycles. The normalized spacial score (nSPS) is 14.3. The van der Waals surface area contributed by atoms with Gasteiger partial charge in [-0.15, -0.1) is 0 Å². The Balaban J connectivity index is 2.10. The second-order valence-corrected chi connectivity index (χ2v) is 5.11. The molecule has 1 aliphatic rings. The van der Waals surface area contributed by atoms with Crippen molar-refractivity contribution in [3.8, 4) is 5.69 Å². The predicted octanol–water partition coefficient (Wildman–Crippen LogP) is 3.74. The molecule has 2 aromatic rings. The fraction of sp³-hybridized carbons (Fsp3) is 0.333. The molecule has 3 rings (SSSR count). The molecule has 0 bridgehead atoms. The third kappa shape index (κ3) is 2.55. The number of rotatable bonds is 2. The first-order chi connectivity index (χ1) is 10.5. The summed E-state index contributed by atoms with van der Waals surface area (Å²) >= 11 is 0. The van der Waals surface area contributed by atoms with Crippen molar-refractivity contribution in [3.63, 3.8) is 0 Å².